The molecule has 0 amide bonds. The molecule has 0 saturated carbocycles. The number of hydrogen-bond donors (Lipinski definition) is 2. The zero-order valence-electron chi connectivity index (χ0n) is 18.4. The predicted molar refractivity (Wildman–Crippen MR) is 128 cm³/mol. The van der Waals surface area contributed by atoms with Crippen LogP contribution in [0.4, 0.5) is 23.2 Å². The number of ether oxygens (including phenoxy) is 1. The summed E-state index contributed by atoms with van der Waals surface area (Å²) >= 11 is 6.01. The number of alkyl halides is 4. The number of nitrogens with one attached hydrogen (secondary N) is 1. The van der Waals surface area contributed by atoms with Crippen molar-refractivity contribution in [2.75, 3.05) is 5.32 Å². The number of anilines is 1. The molecule has 1 aromatic heterocycles. The number of halogens is 5. The van der Waals surface area contributed by atoms with Crippen molar-refractivity contribution in [1.29, 1.82) is 0 Å². The minimum atomic E-state index is -4.64. The highest BCUT2D eigenvalue weighted by Crippen LogP contribution is 2.40. The van der Waals surface area contributed by atoms with Gasteiger partial charge in [0.05, 0.1) is 11.4 Å². The molecule has 4 nitrogen and oxygen atoms in total. The van der Waals surface area contributed by atoms with Crippen LogP contribution in [0.3, 0.4) is 0 Å². The number of aromatic nitrogens is 1. The van der Waals surface area contributed by atoms with E-state index in [0.717, 1.165) is 11.6 Å². The summed E-state index contributed by atoms with van der Waals surface area (Å²) in [5, 5.41) is 14.9. The fourth-order valence-corrected chi connectivity index (χ4v) is 3.78. The Morgan fingerprint density at radius 3 is 2.29 bits per heavy atom. The van der Waals surface area contributed by atoms with Crippen LogP contribution in [0, 0.1) is 0 Å². The first-order valence-electron chi connectivity index (χ1n) is 10.6. The summed E-state index contributed by atoms with van der Waals surface area (Å²) < 4.78 is 58.0. The van der Waals surface area contributed by atoms with Gasteiger partial charge >= 0.3 is 12.5 Å². The summed E-state index contributed by atoms with van der Waals surface area (Å²) in [6.45, 7) is 1.93. The number of aromatic hydroxyl groups is 1. The third kappa shape index (κ3) is 5.38. The van der Waals surface area contributed by atoms with Crippen molar-refractivity contribution < 1.29 is 27.4 Å². The molecule has 0 unspecified atom stereocenters. The van der Waals surface area contributed by atoms with Gasteiger partial charge in [0.1, 0.15) is 5.75 Å². The maximum absolute atomic E-state index is 13.5. The maximum atomic E-state index is 13.5. The molecule has 0 aliphatic rings. The van der Waals surface area contributed by atoms with E-state index < -0.39 is 18.3 Å². The molecule has 0 fully saturated rings. The second-order valence-corrected chi connectivity index (χ2v) is 8.28. The van der Waals surface area contributed by atoms with Gasteiger partial charge in [-0.1, -0.05) is 54.1 Å². The van der Waals surface area contributed by atoms with E-state index in [9.17, 15) is 22.7 Å². The Kier molecular flexibility index (Phi) is 6.93. The van der Waals surface area contributed by atoms with E-state index in [1.54, 1.807) is 36.4 Å². The molecule has 182 valence electrons. The van der Waals surface area contributed by atoms with E-state index in [1.165, 1.54) is 16.7 Å². The van der Waals surface area contributed by atoms with Crippen LogP contribution in [0.15, 0.2) is 84.9 Å². The van der Waals surface area contributed by atoms with Gasteiger partial charge in [0, 0.05) is 22.3 Å². The second-order valence-electron chi connectivity index (χ2n) is 7.85. The van der Waals surface area contributed by atoms with E-state index in [-0.39, 0.29) is 11.9 Å². The van der Waals surface area contributed by atoms with Crippen molar-refractivity contribution in [3.63, 3.8) is 0 Å². The first kappa shape index (κ1) is 24.5. The van der Waals surface area contributed by atoms with E-state index in [4.69, 9.17) is 11.6 Å². The highest BCUT2D eigenvalue weighted by molar-refractivity contribution is 6.30. The highest BCUT2D eigenvalue weighted by Gasteiger charge is 2.44. The average Bonchev–Trinajstić information content (AvgIpc) is 3.16. The summed E-state index contributed by atoms with van der Waals surface area (Å²) in [6.07, 6.45) is -8.63. The molecular formula is C26H21ClF4N2O2. The lowest BCUT2D eigenvalue weighted by Gasteiger charge is -2.17. The minimum absolute atomic E-state index is 0.130. The molecule has 0 bridgehead atoms. The standard InChI is InChI=1S/C26H21ClF4N2O2/c1-16(17-6-3-2-4-7-17)32-22-15-23(33(24(22)34)20-12-10-19(27)11-13-20)18-8-5-9-21(14-18)35-26(30,31)25(28)29/h2-16,25,32,34H,1H3/t16-/m1/s1. The van der Waals surface area contributed by atoms with Gasteiger partial charge in [-0.3, -0.25) is 4.57 Å². The fourth-order valence-electron chi connectivity index (χ4n) is 3.65. The first-order chi connectivity index (χ1) is 16.7. The number of benzene rings is 3. The molecule has 0 spiro atoms. The van der Waals surface area contributed by atoms with Gasteiger partial charge in [0.2, 0.25) is 5.88 Å². The van der Waals surface area contributed by atoms with Crippen LogP contribution in [0.25, 0.3) is 16.9 Å². The topological polar surface area (TPSA) is 46.4 Å². The van der Waals surface area contributed by atoms with Gasteiger partial charge in [-0.15, -0.1) is 0 Å². The third-order valence-electron chi connectivity index (χ3n) is 5.37. The SMILES string of the molecule is C[C@@H](Nc1cc(-c2cccc(OC(F)(F)C(F)F)c2)n(-c2ccc(Cl)cc2)c1O)c1ccccc1. The van der Waals surface area contributed by atoms with Crippen molar-refractivity contribution in [2.24, 2.45) is 0 Å². The van der Waals surface area contributed by atoms with Gasteiger partial charge in [0.25, 0.3) is 0 Å². The molecule has 35 heavy (non-hydrogen) atoms. The molecule has 0 radical (unpaired) electrons. The lowest BCUT2D eigenvalue weighted by atomic mass is 10.1. The van der Waals surface area contributed by atoms with E-state index in [1.807, 2.05) is 37.3 Å². The summed E-state index contributed by atoms with van der Waals surface area (Å²) in [7, 11) is 0. The van der Waals surface area contributed by atoms with Crippen molar-refractivity contribution in [3.05, 3.63) is 95.5 Å². The van der Waals surface area contributed by atoms with Crippen LogP contribution < -0.4 is 10.1 Å². The molecule has 4 aromatic rings. The summed E-state index contributed by atoms with van der Waals surface area (Å²) in [5.41, 5.74) is 2.69. The zero-order valence-corrected chi connectivity index (χ0v) is 19.2. The van der Waals surface area contributed by atoms with Gasteiger partial charge in [0.15, 0.2) is 0 Å². The van der Waals surface area contributed by atoms with Crippen molar-refractivity contribution in [1.82, 2.24) is 4.57 Å². The number of rotatable bonds is 8. The quantitative estimate of drug-likeness (QED) is 0.240. The molecule has 1 atom stereocenters. The van der Waals surface area contributed by atoms with Crippen LogP contribution in [0.1, 0.15) is 18.5 Å². The van der Waals surface area contributed by atoms with Gasteiger partial charge in [-0.05, 0) is 55.0 Å². The Hall–Kier alpha value is -3.65. The van der Waals surface area contributed by atoms with E-state index in [2.05, 4.69) is 10.1 Å². The lowest BCUT2D eigenvalue weighted by molar-refractivity contribution is -0.253. The normalized spacial score (nSPS) is 12.5. The molecule has 0 aliphatic carbocycles. The Bertz CT molecular complexity index is 1290. The Morgan fingerprint density at radius 2 is 1.63 bits per heavy atom. The van der Waals surface area contributed by atoms with Crippen molar-refractivity contribution >= 4 is 17.3 Å². The summed E-state index contributed by atoms with van der Waals surface area (Å²) in [6, 6.07) is 23.1. The molecule has 2 N–H and O–H groups in total. The fraction of sp³-hybridized carbons (Fsp3) is 0.154. The van der Waals surface area contributed by atoms with Gasteiger partial charge in [-0.2, -0.15) is 17.6 Å². The van der Waals surface area contributed by atoms with Gasteiger partial charge in [-0.25, -0.2) is 0 Å². The van der Waals surface area contributed by atoms with E-state index in [0.29, 0.717) is 27.7 Å². The van der Waals surface area contributed by atoms with Gasteiger partial charge < -0.3 is 15.2 Å². The van der Waals surface area contributed by atoms with Crippen LogP contribution in [-0.4, -0.2) is 22.2 Å². The molecular weight excluding hydrogens is 484 g/mol. The minimum Gasteiger partial charge on any atom is -0.493 e. The maximum Gasteiger partial charge on any atom is 0.461 e. The molecule has 3 aromatic carbocycles. The molecule has 9 heteroatoms. The predicted octanol–water partition coefficient (Wildman–Crippen LogP) is 7.91. The summed E-state index contributed by atoms with van der Waals surface area (Å²) in [5.74, 6) is -0.572. The van der Waals surface area contributed by atoms with Crippen LogP contribution >= 0.6 is 11.6 Å². The van der Waals surface area contributed by atoms with Crippen LogP contribution in [0.5, 0.6) is 11.6 Å². The monoisotopic (exact) mass is 504 g/mol. The third-order valence-corrected chi connectivity index (χ3v) is 5.62. The first-order valence-corrected chi connectivity index (χ1v) is 11.0. The highest BCUT2D eigenvalue weighted by atomic mass is 35.5. The van der Waals surface area contributed by atoms with Crippen LogP contribution in [0.2, 0.25) is 5.02 Å². The second kappa shape index (κ2) is 9.92. The molecule has 4 rings (SSSR count). The largest absolute Gasteiger partial charge is 0.493 e. The Labute approximate surface area is 204 Å². The summed E-state index contributed by atoms with van der Waals surface area (Å²) in [4.78, 5) is 0. The van der Waals surface area contributed by atoms with Crippen LogP contribution in [-0.2, 0) is 0 Å². The molecule has 0 aliphatic heterocycles. The Morgan fingerprint density at radius 1 is 0.943 bits per heavy atom. The molecule has 1 heterocycles. The number of nitrogens with zero attached hydrogens (tertiary/aromatic N) is 1. The lowest BCUT2D eigenvalue weighted by Crippen LogP contribution is -2.33. The average molecular weight is 505 g/mol. The van der Waals surface area contributed by atoms with E-state index >= 15 is 0 Å². The Balaban J connectivity index is 1.78. The smallest absolute Gasteiger partial charge is 0.461 e. The molecule has 0 saturated heterocycles. The number of hydrogen-bond acceptors (Lipinski definition) is 3. The van der Waals surface area contributed by atoms with Crippen molar-refractivity contribution in [2.45, 2.75) is 25.5 Å². The zero-order chi connectivity index (χ0) is 25.2. The van der Waals surface area contributed by atoms with Crippen molar-refractivity contribution in [3.8, 4) is 28.6 Å².